The van der Waals surface area contributed by atoms with Crippen molar-refractivity contribution in [2.24, 2.45) is 81.8 Å². The van der Waals surface area contributed by atoms with E-state index in [-0.39, 0.29) is 23.7 Å². The molecule has 2 aromatic carbocycles. The van der Waals surface area contributed by atoms with Crippen LogP contribution in [0.2, 0.25) is 0 Å². The van der Waals surface area contributed by atoms with Crippen molar-refractivity contribution in [2.45, 2.75) is 51.6 Å². The van der Waals surface area contributed by atoms with Gasteiger partial charge in [0.2, 0.25) is 0 Å². The quantitative estimate of drug-likeness (QED) is 0.0931. The molecule has 3 aliphatic heterocycles. The van der Waals surface area contributed by atoms with E-state index in [1.165, 1.54) is 11.1 Å². The third-order valence-electron chi connectivity index (χ3n) is 17.3. The van der Waals surface area contributed by atoms with Crippen LogP contribution in [0, 0.1) is 81.8 Å². The smallest absolute Gasteiger partial charge is 0.307 e. The molecule has 3 heterocycles. The lowest BCUT2D eigenvalue weighted by Crippen LogP contribution is -3.10. The minimum atomic E-state index is -0.717. The Kier molecular flexibility index (Phi) is 9.79. The molecule has 7 N–H and O–H groups in total. The highest BCUT2D eigenvalue weighted by Crippen LogP contribution is 3.11. The number of carboxylic acids is 3. The molecule has 11 heteroatoms. The molecule has 0 amide bonds. The van der Waals surface area contributed by atoms with E-state index in [1.807, 2.05) is 0 Å². The number of nitrogens with zero attached hydrogens (tertiary/aromatic N) is 1. The van der Waals surface area contributed by atoms with Gasteiger partial charge in [-0.05, 0) is 164 Å². The minimum Gasteiger partial charge on any atom is -0.481 e. The molecule has 11 rings (SSSR count). The molecular formula is C46H61N5O6. The highest BCUT2D eigenvalue weighted by Gasteiger charge is 3.09. The Morgan fingerprint density at radius 1 is 0.667 bits per heavy atom. The van der Waals surface area contributed by atoms with E-state index in [0.717, 1.165) is 144 Å². The molecular weight excluding hydrogens is 719 g/mol. The summed E-state index contributed by atoms with van der Waals surface area (Å²) in [7, 11) is 0. The van der Waals surface area contributed by atoms with Crippen molar-refractivity contribution >= 4 is 17.9 Å². The van der Waals surface area contributed by atoms with E-state index in [4.69, 9.17) is 0 Å². The Morgan fingerprint density at radius 3 is 1.58 bits per heavy atom. The Balaban J connectivity index is 0.810. The second-order valence-electron chi connectivity index (χ2n) is 19.6. The summed E-state index contributed by atoms with van der Waals surface area (Å²) in [4.78, 5) is 39.6. The van der Waals surface area contributed by atoms with Crippen LogP contribution < -0.4 is 21.3 Å². The molecule has 6 aliphatic carbocycles. The van der Waals surface area contributed by atoms with Crippen LogP contribution in [0.25, 0.3) is 0 Å². The zero-order chi connectivity index (χ0) is 39.1. The van der Waals surface area contributed by atoms with Gasteiger partial charge in [-0.15, -0.1) is 0 Å². The molecule has 10 atom stereocenters. The van der Waals surface area contributed by atoms with Gasteiger partial charge in [-0.1, -0.05) is 48.5 Å². The number of hydrogen-bond donors (Lipinski definition) is 7. The van der Waals surface area contributed by atoms with Crippen molar-refractivity contribution in [1.29, 1.82) is 0 Å². The average molecular weight is 780 g/mol. The normalized spacial score (nSPS) is 37.6. The lowest BCUT2D eigenvalue weighted by molar-refractivity contribution is -0.659. The van der Waals surface area contributed by atoms with Crippen LogP contribution in [0.4, 0.5) is 0 Å². The largest absolute Gasteiger partial charge is 0.481 e. The number of aliphatic carboxylic acids is 3. The fourth-order valence-corrected chi connectivity index (χ4v) is 15.2. The van der Waals surface area contributed by atoms with Gasteiger partial charge >= 0.3 is 17.9 Å². The van der Waals surface area contributed by atoms with Crippen molar-refractivity contribution in [3.8, 4) is 0 Å². The molecule has 3 saturated heterocycles. The molecule has 2 aromatic rings. The summed E-state index contributed by atoms with van der Waals surface area (Å²) in [6.45, 7) is 9.27. The maximum absolute atomic E-state index is 12.5. The van der Waals surface area contributed by atoms with E-state index in [2.05, 4.69) is 74.7 Å². The summed E-state index contributed by atoms with van der Waals surface area (Å²) < 4.78 is 0. The van der Waals surface area contributed by atoms with Gasteiger partial charge in [-0.2, -0.15) is 0 Å². The maximum Gasteiger partial charge on any atom is 0.307 e. The fourth-order valence-electron chi connectivity index (χ4n) is 15.2. The van der Waals surface area contributed by atoms with Gasteiger partial charge < -0.3 is 36.6 Å². The molecule has 306 valence electrons. The standard InChI is InChI=1S/C46H61N5O6/c52-42(53)33(30-7-10-47-20-30)17-26-3-1-5-28(15-26)23-51(24-29-6-2-4-27(16-29)18-34(43(54)55)31-8-11-48-21-31)14-13-50-25-46-39-36-38-37(39)41(46)45(38,40(36)46)19-35(44(56)57)32-9-12-49-22-32/h1-6,15-16,30-41,47-50H,7-14,17-25H2,(H,52,53)(H,54,55)(H,56,57)/t30-,31-,32-,33-,34?,35-,36?,37?,38?,39?,40?,41?,45?,46?/m0/s1. The summed E-state index contributed by atoms with van der Waals surface area (Å²) >= 11 is 0. The molecule has 9 fully saturated rings. The second-order valence-corrected chi connectivity index (χ2v) is 19.6. The van der Waals surface area contributed by atoms with Gasteiger partial charge in [-0.3, -0.25) is 19.3 Å². The Labute approximate surface area is 336 Å². The highest BCUT2D eigenvalue weighted by molar-refractivity contribution is 5.72. The van der Waals surface area contributed by atoms with Gasteiger partial charge in [0.1, 0.15) is 0 Å². The monoisotopic (exact) mass is 779 g/mol. The van der Waals surface area contributed by atoms with Gasteiger partial charge in [0.05, 0.1) is 17.8 Å². The highest BCUT2D eigenvalue weighted by atomic mass is 16.4. The number of benzene rings is 2. The van der Waals surface area contributed by atoms with Crippen molar-refractivity contribution in [2.75, 3.05) is 58.9 Å². The van der Waals surface area contributed by atoms with E-state index in [0.29, 0.717) is 23.7 Å². The van der Waals surface area contributed by atoms with Crippen molar-refractivity contribution in [1.82, 2.24) is 26.2 Å². The lowest BCUT2D eigenvalue weighted by atomic mass is 8.92. The number of rotatable bonds is 21. The molecule has 0 aromatic heterocycles. The van der Waals surface area contributed by atoms with Crippen molar-refractivity contribution < 1.29 is 29.7 Å². The maximum atomic E-state index is 12.5. The van der Waals surface area contributed by atoms with Crippen LogP contribution in [0.5, 0.6) is 0 Å². The van der Waals surface area contributed by atoms with Crippen LogP contribution in [0.3, 0.4) is 0 Å². The Morgan fingerprint density at radius 2 is 1.12 bits per heavy atom. The zero-order valence-electron chi connectivity index (χ0n) is 33.1. The summed E-state index contributed by atoms with van der Waals surface area (Å²) in [5.74, 6) is 2.42. The van der Waals surface area contributed by atoms with Gasteiger partial charge in [0.15, 0.2) is 0 Å². The molecule has 0 radical (unpaired) electrons. The van der Waals surface area contributed by atoms with Crippen LogP contribution in [-0.4, -0.2) is 97.0 Å². The predicted molar refractivity (Wildman–Crippen MR) is 214 cm³/mol. The van der Waals surface area contributed by atoms with Gasteiger partial charge in [-0.25, -0.2) is 0 Å². The first-order valence-electron chi connectivity index (χ1n) is 22.1. The summed E-state index contributed by atoms with van der Waals surface area (Å²) in [6, 6.07) is 17.0. The van der Waals surface area contributed by atoms with Gasteiger partial charge in [0.25, 0.3) is 0 Å². The first kappa shape index (κ1) is 37.9. The molecule has 6 saturated carbocycles. The number of hydrogen-bond acceptors (Lipinski definition) is 8. The SMILES string of the molecule is O=C(O)C(Cc1cccc(CN(CCNCC23C4C5C6C4C2C6(C[C@H](C(=O)O)[C@H]2CCNC2)C53)Cc2cccc(C[C@H](C(=O)O)[C@H]3CCNC3)c2)c1)[C@H]1CCNC1. The van der Waals surface area contributed by atoms with E-state index < -0.39 is 29.7 Å². The molecule has 0 bridgehead atoms. The molecule has 11 nitrogen and oxygen atoms in total. The predicted octanol–water partition coefficient (Wildman–Crippen LogP) is 3.42. The van der Waals surface area contributed by atoms with Crippen LogP contribution in [0.1, 0.15) is 47.9 Å². The number of carbonyl (C=O) groups is 3. The summed E-state index contributed by atoms with van der Waals surface area (Å²) in [6.07, 6.45) is 4.74. The summed E-state index contributed by atoms with van der Waals surface area (Å²) in [5, 5.41) is 44.5. The van der Waals surface area contributed by atoms with Crippen LogP contribution in [0.15, 0.2) is 48.5 Å². The lowest BCUT2D eigenvalue weighted by Gasteiger charge is -3.12. The first-order valence-corrected chi connectivity index (χ1v) is 22.1. The van der Waals surface area contributed by atoms with Crippen molar-refractivity contribution in [3.63, 3.8) is 0 Å². The molecule has 5 unspecified atom stereocenters. The van der Waals surface area contributed by atoms with Crippen molar-refractivity contribution in [3.05, 3.63) is 70.8 Å². The number of nitrogens with one attached hydrogen (secondary N) is 4. The topological polar surface area (TPSA) is 163 Å². The molecule has 9 aliphatic rings. The molecule has 57 heavy (non-hydrogen) atoms. The average Bonchev–Trinajstić information content (AvgIpc) is 4.02. The van der Waals surface area contributed by atoms with E-state index in [9.17, 15) is 29.7 Å². The van der Waals surface area contributed by atoms with E-state index >= 15 is 0 Å². The van der Waals surface area contributed by atoms with Crippen LogP contribution >= 0.6 is 0 Å². The molecule has 0 spiro atoms. The van der Waals surface area contributed by atoms with E-state index in [1.54, 1.807) is 0 Å². The Hall–Kier alpha value is -3.35. The minimum absolute atomic E-state index is 0.147. The third kappa shape index (κ3) is 5.95. The van der Waals surface area contributed by atoms with Gasteiger partial charge in [0, 0.05) is 32.7 Å². The first-order chi connectivity index (χ1) is 27.7. The zero-order valence-corrected chi connectivity index (χ0v) is 33.1. The fraction of sp³-hybridized carbons (Fsp3) is 0.674. The number of carboxylic acid groups (broad SMARTS) is 3. The Bertz CT molecular complexity index is 1770. The third-order valence-corrected chi connectivity index (χ3v) is 17.3. The summed E-state index contributed by atoms with van der Waals surface area (Å²) in [5.41, 5.74) is 5.20. The van der Waals surface area contributed by atoms with Crippen LogP contribution in [-0.2, 0) is 40.3 Å². The second kappa shape index (κ2) is 14.7.